The molecule has 4 rings (SSSR count). The van der Waals surface area contributed by atoms with Crippen LogP contribution in [0, 0.1) is 5.92 Å². The third-order valence-corrected chi connectivity index (χ3v) is 6.45. The maximum atomic E-state index is 13.8. The molecular weight excluding hydrogens is 389 g/mol. The first-order valence-corrected chi connectivity index (χ1v) is 10.4. The van der Waals surface area contributed by atoms with Gasteiger partial charge in [-0.2, -0.15) is 18.3 Å². The molecule has 152 valence electrons. The molecule has 3 atom stereocenters. The van der Waals surface area contributed by atoms with Gasteiger partial charge in [0.05, 0.1) is 17.8 Å². The number of rotatable bonds is 3. The van der Waals surface area contributed by atoms with Crippen molar-refractivity contribution in [1.82, 2.24) is 14.7 Å². The van der Waals surface area contributed by atoms with E-state index in [-0.39, 0.29) is 24.3 Å². The summed E-state index contributed by atoms with van der Waals surface area (Å²) in [5.41, 5.74) is 0.537. The molecule has 1 saturated heterocycles. The van der Waals surface area contributed by atoms with E-state index in [2.05, 4.69) is 10.4 Å². The number of hydrogen-bond acceptors (Lipinski definition) is 4. The van der Waals surface area contributed by atoms with Crippen molar-refractivity contribution in [2.45, 2.75) is 57.4 Å². The zero-order chi connectivity index (χ0) is 20.1. The molecule has 5 nitrogen and oxygen atoms in total. The summed E-state index contributed by atoms with van der Waals surface area (Å²) < 4.78 is 42.4. The van der Waals surface area contributed by atoms with E-state index in [4.69, 9.17) is 0 Å². The molecule has 28 heavy (non-hydrogen) atoms. The van der Waals surface area contributed by atoms with Gasteiger partial charge in [-0.15, -0.1) is 11.3 Å². The number of anilines is 1. The van der Waals surface area contributed by atoms with E-state index >= 15 is 0 Å². The predicted octanol–water partition coefficient (Wildman–Crippen LogP) is 4.92. The second kappa shape index (κ2) is 7.09. The minimum Gasteiger partial charge on any atom is -0.363 e. The molecule has 1 fully saturated rings. The second-order valence-electron chi connectivity index (χ2n) is 7.75. The summed E-state index contributed by atoms with van der Waals surface area (Å²) in [6.45, 7) is 4.30. The van der Waals surface area contributed by atoms with Crippen molar-refractivity contribution in [2.24, 2.45) is 5.92 Å². The fourth-order valence-corrected chi connectivity index (χ4v) is 4.89. The Morgan fingerprint density at radius 1 is 1.39 bits per heavy atom. The molecule has 4 heterocycles. The Labute approximate surface area is 165 Å². The van der Waals surface area contributed by atoms with Crippen molar-refractivity contribution in [2.75, 3.05) is 11.9 Å². The number of nitrogens with one attached hydrogen (secondary N) is 1. The van der Waals surface area contributed by atoms with Gasteiger partial charge in [0.1, 0.15) is 5.82 Å². The molecular formula is C19H23F3N4OS. The number of thiophene rings is 1. The van der Waals surface area contributed by atoms with E-state index in [1.165, 1.54) is 11.3 Å². The third kappa shape index (κ3) is 3.40. The quantitative estimate of drug-likeness (QED) is 0.778. The highest BCUT2D eigenvalue weighted by atomic mass is 32.1. The summed E-state index contributed by atoms with van der Waals surface area (Å²) >= 11 is 1.44. The summed E-state index contributed by atoms with van der Waals surface area (Å²) in [5, 5.41) is 9.42. The van der Waals surface area contributed by atoms with E-state index in [0.29, 0.717) is 18.1 Å². The number of alkyl halides is 3. The Kier molecular flexibility index (Phi) is 4.89. The van der Waals surface area contributed by atoms with Crippen LogP contribution >= 0.6 is 11.3 Å². The monoisotopic (exact) mass is 412 g/mol. The van der Waals surface area contributed by atoms with E-state index < -0.39 is 18.3 Å². The number of nitrogens with zero attached hydrogens (tertiary/aromatic N) is 3. The zero-order valence-electron chi connectivity index (χ0n) is 15.7. The van der Waals surface area contributed by atoms with Gasteiger partial charge in [-0.1, -0.05) is 19.9 Å². The maximum absolute atomic E-state index is 13.8. The number of hydrogen-bond donors (Lipinski definition) is 1. The molecule has 0 spiro atoms. The van der Waals surface area contributed by atoms with Gasteiger partial charge in [-0.25, -0.2) is 4.68 Å². The molecule has 0 bridgehead atoms. The Hall–Kier alpha value is -2.03. The molecule has 0 radical (unpaired) electrons. The summed E-state index contributed by atoms with van der Waals surface area (Å²) in [7, 11) is 0. The number of likely N-dealkylation sites (tertiary alicyclic amines) is 1. The van der Waals surface area contributed by atoms with E-state index in [0.717, 1.165) is 22.4 Å². The predicted molar refractivity (Wildman–Crippen MR) is 101 cm³/mol. The Morgan fingerprint density at radius 2 is 2.18 bits per heavy atom. The van der Waals surface area contributed by atoms with E-state index in [1.54, 1.807) is 11.0 Å². The van der Waals surface area contributed by atoms with Crippen LogP contribution in [0.4, 0.5) is 19.0 Å². The highest BCUT2D eigenvalue weighted by molar-refractivity contribution is 7.10. The summed E-state index contributed by atoms with van der Waals surface area (Å²) in [6, 6.07) is 3.04. The molecule has 1 amide bonds. The van der Waals surface area contributed by atoms with Crippen LogP contribution in [0.5, 0.6) is 0 Å². The van der Waals surface area contributed by atoms with Crippen LogP contribution in [0.3, 0.4) is 0 Å². The molecule has 9 heteroatoms. The Bertz CT molecular complexity index is 846. The average molecular weight is 412 g/mol. The normalized spacial score (nSPS) is 25.1. The summed E-state index contributed by atoms with van der Waals surface area (Å²) in [4.78, 5) is 15.1. The number of carbonyl (C=O) groups is 1. The van der Waals surface area contributed by atoms with Gasteiger partial charge in [0.25, 0.3) is 0 Å². The average Bonchev–Trinajstić information content (AvgIpc) is 3.37. The molecule has 0 saturated carbocycles. The van der Waals surface area contributed by atoms with Gasteiger partial charge in [-0.05, 0) is 24.3 Å². The zero-order valence-corrected chi connectivity index (χ0v) is 16.6. The molecule has 0 unspecified atom stereocenters. The van der Waals surface area contributed by atoms with Gasteiger partial charge in [-0.3, -0.25) is 4.79 Å². The van der Waals surface area contributed by atoms with Crippen molar-refractivity contribution in [3.63, 3.8) is 0 Å². The fourth-order valence-electron chi connectivity index (χ4n) is 4.10. The maximum Gasteiger partial charge on any atom is 0.410 e. The van der Waals surface area contributed by atoms with Crippen molar-refractivity contribution >= 4 is 23.1 Å². The van der Waals surface area contributed by atoms with Crippen LogP contribution in [0.15, 0.2) is 23.6 Å². The summed E-state index contributed by atoms with van der Waals surface area (Å²) in [5.74, 6) is 0.234. The summed E-state index contributed by atoms with van der Waals surface area (Å²) in [6.07, 6.45) is -2.94. The largest absolute Gasteiger partial charge is 0.410 e. The van der Waals surface area contributed by atoms with Gasteiger partial charge in [0.15, 0.2) is 6.04 Å². The molecule has 2 aliphatic heterocycles. The van der Waals surface area contributed by atoms with Crippen LogP contribution in [0.2, 0.25) is 0 Å². The van der Waals surface area contributed by atoms with Gasteiger partial charge < -0.3 is 10.2 Å². The van der Waals surface area contributed by atoms with Crippen LogP contribution in [-0.4, -0.2) is 33.3 Å². The molecule has 0 aromatic carbocycles. The molecule has 1 N–H and O–H groups in total. The van der Waals surface area contributed by atoms with Crippen molar-refractivity contribution < 1.29 is 18.0 Å². The van der Waals surface area contributed by atoms with Crippen LogP contribution in [-0.2, 0) is 4.79 Å². The Balaban J connectivity index is 1.68. The van der Waals surface area contributed by atoms with Crippen LogP contribution in [0.1, 0.15) is 61.8 Å². The topological polar surface area (TPSA) is 50.2 Å². The van der Waals surface area contributed by atoms with E-state index in [1.807, 2.05) is 31.4 Å². The molecule has 2 aromatic heterocycles. The lowest BCUT2D eigenvalue weighted by molar-refractivity contribution is -0.173. The fraction of sp³-hybridized carbons (Fsp3) is 0.579. The van der Waals surface area contributed by atoms with Gasteiger partial charge in [0, 0.05) is 29.8 Å². The molecule has 0 aliphatic carbocycles. The number of halogens is 3. The number of fused-ring (bicyclic) bond motifs is 1. The van der Waals surface area contributed by atoms with Crippen molar-refractivity contribution in [1.29, 1.82) is 0 Å². The lowest BCUT2D eigenvalue weighted by Crippen LogP contribution is -2.36. The number of amides is 1. The first kappa shape index (κ1) is 19.3. The highest BCUT2D eigenvalue weighted by Crippen LogP contribution is 2.45. The second-order valence-corrected chi connectivity index (χ2v) is 8.73. The molecule has 2 aliphatic rings. The molecule has 2 aromatic rings. The standard InChI is InChI=1S/C19H23F3N4OS/c1-11(2)18(27)25-7-3-5-14(25)12-10-17-23-13(15-6-4-8-28-15)9-16(19(20,21)22)26(17)24-12/h4,6,8,10-11,13-14,16,23H,3,5,7,9H2,1-2H3/t13-,14+,16+/m0/s1. The minimum absolute atomic E-state index is 0.0188. The SMILES string of the molecule is CC(C)C(=O)N1CCC[C@@H]1c1cc2n(n1)[C@@H](C(F)(F)F)C[C@@H](c1cccs1)N2. The first-order chi connectivity index (χ1) is 13.3. The minimum atomic E-state index is -4.39. The first-order valence-electron chi connectivity index (χ1n) is 9.52. The lowest BCUT2D eigenvalue weighted by atomic mass is 10.0. The van der Waals surface area contributed by atoms with E-state index in [9.17, 15) is 18.0 Å². The highest BCUT2D eigenvalue weighted by Gasteiger charge is 2.47. The van der Waals surface area contributed by atoms with Crippen LogP contribution < -0.4 is 5.32 Å². The van der Waals surface area contributed by atoms with Crippen LogP contribution in [0.25, 0.3) is 0 Å². The van der Waals surface area contributed by atoms with Gasteiger partial charge >= 0.3 is 6.18 Å². The van der Waals surface area contributed by atoms with Gasteiger partial charge in [0.2, 0.25) is 5.91 Å². The Morgan fingerprint density at radius 3 is 2.82 bits per heavy atom. The smallest absolute Gasteiger partial charge is 0.363 e. The number of aromatic nitrogens is 2. The number of carbonyl (C=O) groups excluding carboxylic acids is 1. The van der Waals surface area contributed by atoms with Crippen molar-refractivity contribution in [3.8, 4) is 0 Å². The third-order valence-electron chi connectivity index (χ3n) is 5.47. The van der Waals surface area contributed by atoms with Crippen molar-refractivity contribution in [3.05, 3.63) is 34.2 Å². The lowest BCUT2D eigenvalue weighted by Gasteiger charge is -2.32.